The molecule has 0 unspecified atom stereocenters. The molecule has 2 fully saturated rings. The Morgan fingerprint density at radius 2 is 1.76 bits per heavy atom. The molecule has 0 aromatic carbocycles. The summed E-state index contributed by atoms with van der Waals surface area (Å²) in [5.74, 6) is -0.549. The van der Waals surface area contributed by atoms with Gasteiger partial charge in [-0.25, -0.2) is 4.79 Å². The van der Waals surface area contributed by atoms with Crippen molar-refractivity contribution in [1.82, 2.24) is 10.6 Å². The molecule has 2 aliphatic rings. The Kier molecular flexibility index (Phi) is 5.59. The minimum atomic E-state index is -0.580. The monoisotopic (exact) mass is 296 g/mol. The fraction of sp³-hybridized carbons (Fsp3) is 0.800. The van der Waals surface area contributed by atoms with Crippen LogP contribution in [0.15, 0.2) is 0 Å². The van der Waals surface area contributed by atoms with Crippen LogP contribution < -0.4 is 10.6 Å². The van der Waals surface area contributed by atoms with Gasteiger partial charge in [0.1, 0.15) is 0 Å². The standard InChI is InChI=1S/C15H24N2O4/c1-10-5-2-3-8-12(10)16-15(20)17-13(18)9-21-14(19)11-6-4-7-11/h10-12H,2-9H2,1H3,(H2,16,17,18,20)/t10-,12+/m0/s1. The summed E-state index contributed by atoms with van der Waals surface area (Å²) in [6, 6.07) is -0.387. The van der Waals surface area contributed by atoms with Crippen molar-refractivity contribution in [1.29, 1.82) is 0 Å². The lowest BCUT2D eigenvalue weighted by Gasteiger charge is -2.29. The summed E-state index contributed by atoms with van der Waals surface area (Å²) in [4.78, 5) is 34.8. The Labute approximate surface area is 125 Å². The molecule has 3 amide bonds. The molecular formula is C15H24N2O4. The maximum Gasteiger partial charge on any atom is 0.321 e. The van der Waals surface area contributed by atoms with Gasteiger partial charge in [0.15, 0.2) is 6.61 Å². The summed E-state index contributed by atoms with van der Waals surface area (Å²) in [5.41, 5.74) is 0. The van der Waals surface area contributed by atoms with Crippen LogP contribution in [0.25, 0.3) is 0 Å². The van der Waals surface area contributed by atoms with Gasteiger partial charge in [-0.2, -0.15) is 0 Å². The average molecular weight is 296 g/mol. The summed E-state index contributed by atoms with van der Waals surface area (Å²) < 4.78 is 4.89. The Bertz CT molecular complexity index is 406. The van der Waals surface area contributed by atoms with Crippen molar-refractivity contribution in [3.8, 4) is 0 Å². The number of nitrogens with one attached hydrogen (secondary N) is 2. The number of imide groups is 1. The maximum absolute atomic E-state index is 11.7. The molecule has 2 aliphatic carbocycles. The molecule has 2 saturated carbocycles. The van der Waals surface area contributed by atoms with Gasteiger partial charge in [0.25, 0.3) is 5.91 Å². The number of rotatable bonds is 4. The van der Waals surface area contributed by atoms with Crippen LogP contribution in [0.4, 0.5) is 4.79 Å². The van der Waals surface area contributed by atoms with Gasteiger partial charge in [0.2, 0.25) is 0 Å². The lowest BCUT2D eigenvalue weighted by atomic mass is 9.86. The number of amides is 3. The van der Waals surface area contributed by atoms with Crippen molar-refractivity contribution in [2.45, 2.75) is 57.9 Å². The quantitative estimate of drug-likeness (QED) is 0.774. The Morgan fingerprint density at radius 1 is 1.05 bits per heavy atom. The summed E-state index contributed by atoms with van der Waals surface area (Å²) in [7, 11) is 0. The van der Waals surface area contributed by atoms with Gasteiger partial charge in [0.05, 0.1) is 5.92 Å². The molecule has 21 heavy (non-hydrogen) atoms. The zero-order valence-corrected chi connectivity index (χ0v) is 12.5. The third-order valence-corrected chi connectivity index (χ3v) is 4.46. The number of esters is 1. The molecule has 0 aromatic rings. The fourth-order valence-corrected chi connectivity index (χ4v) is 2.80. The van der Waals surface area contributed by atoms with Crippen LogP contribution in [0.5, 0.6) is 0 Å². The molecule has 6 nitrogen and oxygen atoms in total. The molecule has 0 spiro atoms. The van der Waals surface area contributed by atoms with Crippen LogP contribution in [0.2, 0.25) is 0 Å². The number of carbonyl (C=O) groups is 3. The summed E-state index contributed by atoms with van der Waals surface area (Å²) >= 11 is 0. The van der Waals surface area contributed by atoms with E-state index in [4.69, 9.17) is 4.74 Å². The number of carbonyl (C=O) groups excluding carboxylic acids is 3. The van der Waals surface area contributed by atoms with Gasteiger partial charge in [-0.05, 0) is 31.6 Å². The van der Waals surface area contributed by atoms with E-state index in [0.717, 1.165) is 38.5 Å². The fourth-order valence-electron chi connectivity index (χ4n) is 2.80. The predicted molar refractivity (Wildman–Crippen MR) is 76.4 cm³/mol. The molecule has 118 valence electrons. The Morgan fingerprint density at radius 3 is 2.38 bits per heavy atom. The Hall–Kier alpha value is -1.59. The minimum absolute atomic E-state index is 0.0604. The SMILES string of the molecule is C[C@H]1CCCC[C@H]1NC(=O)NC(=O)COC(=O)C1CCC1. The highest BCUT2D eigenvalue weighted by Crippen LogP contribution is 2.27. The number of urea groups is 1. The second kappa shape index (κ2) is 7.43. The van der Waals surface area contributed by atoms with Gasteiger partial charge in [-0.1, -0.05) is 26.2 Å². The van der Waals surface area contributed by atoms with Crippen molar-refractivity contribution in [3.63, 3.8) is 0 Å². The van der Waals surface area contributed by atoms with Gasteiger partial charge in [-0.3, -0.25) is 14.9 Å². The van der Waals surface area contributed by atoms with Crippen molar-refractivity contribution in [2.24, 2.45) is 11.8 Å². The molecule has 2 rings (SSSR count). The third kappa shape index (κ3) is 4.72. The van der Waals surface area contributed by atoms with E-state index in [1.165, 1.54) is 6.42 Å². The van der Waals surface area contributed by atoms with Crippen LogP contribution in [0.1, 0.15) is 51.9 Å². The maximum atomic E-state index is 11.7. The Balaban J connectivity index is 1.64. The smallest absolute Gasteiger partial charge is 0.321 e. The van der Waals surface area contributed by atoms with Crippen molar-refractivity contribution in [3.05, 3.63) is 0 Å². The summed E-state index contributed by atoms with van der Waals surface area (Å²) in [6.45, 7) is 1.72. The van der Waals surface area contributed by atoms with Crippen LogP contribution in [-0.4, -0.2) is 30.6 Å². The van der Waals surface area contributed by atoms with Crippen molar-refractivity contribution < 1.29 is 19.1 Å². The van der Waals surface area contributed by atoms with Gasteiger partial charge < -0.3 is 10.1 Å². The first-order chi connectivity index (χ1) is 10.1. The third-order valence-electron chi connectivity index (χ3n) is 4.46. The van der Waals surface area contributed by atoms with Gasteiger partial charge >= 0.3 is 12.0 Å². The van der Waals surface area contributed by atoms with E-state index in [1.54, 1.807) is 0 Å². The van der Waals surface area contributed by atoms with E-state index in [1.807, 2.05) is 0 Å². The predicted octanol–water partition coefficient (Wildman–Crippen LogP) is 1.73. The zero-order chi connectivity index (χ0) is 15.2. The zero-order valence-electron chi connectivity index (χ0n) is 12.5. The molecular weight excluding hydrogens is 272 g/mol. The first kappa shape index (κ1) is 15.8. The highest BCUT2D eigenvalue weighted by Gasteiger charge is 2.27. The summed E-state index contributed by atoms with van der Waals surface area (Å²) in [5, 5.41) is 5.03. The van der Waals surface area contributed by atoms with E-state index < -0.39 is 11.9 Å². The topological polar surface area (TPSA) is 84.5 Å². The highest BCUT2D eigenvalue weighted by molar-refractivity contribution is 5.95. The van der Waals surface area contributed by atoms with E-state index in [9.17, 15) is 14.4 Å². The number of ether oxygens (including phenoxy) is 1. The van der Waals surface area contributed by atoms with E-state index in [2.05, 4.69) is 17.6 Å². The molecule has 6 heteroatoms. The molecule has 0 heterocycles. The van der Waals surface area contributed by atoms with Crippen LogP contribution in [0.3, 0.4) is 0 Å². The largest absolute Gasteiger partial charge is 0.455 e. The normalized spacial score (nSPS) is 25.6. The molecule has 0 bridgehead atoms. The van der Waals surface area contributed by atoms with Crippen LogP contribution in [0, 0.1) is 11.8 Å². The lowest BCUT2D eigenvalue weighted by molar-refractivity contribution is -0.154. The van der Waals surface area contributed by atoms with Crippen LogP contribution in [-0.2, 0) is 14.3 Å². The molecule has 2 N–H and O–H groups in total. The highest BCUT2D eigenvalue weighted by atomic mass is 16.5. The van der Waals surface area contributed by atoms with E-state index in [0.29, 0.717) is 5.92 Å². The first-order valence-electron chi connectivity index (χ1n) is 7.83. The van der Waals surface area contributed by atoms with Gasteiger partial charge in [0, 0.05) is 6.04 Å². The number of hydrogen-bond acceptors (Lipinski definition) is 4. The first-order valence-corrected chi connectivity index (χ1v) is 7.83. The lowest BCUT2D eigenvalue weighted by Crippen LogP contribution is -2.48. The van der Waals surface area contributed by atoms with Gasteiger partial charge in [-0.15, -0.1) is 0 Å². The second-order valence-electron chi connectivity index (χ2n) is 6.13. The van der Waals surface area contributed by atoms with Crippen molar-refractivity contribution >= 4 is 17.9 Å². The second-order valence-corrected chi connectivity index (χ2v) is 6.13. The summed E-state index contributed by atoms with van der Waals surface area (Å²) in [6.07, 6.45) is 7.03. The number of hydrogen-bond donors (Lipinski definition) is 2. The molecule has 0 aromatic heterocycles. The minimum Gasteiger partial charge on any atom is -0.455 e. The average Bonchev–Trinajstić information content (AvgIpc) is 2.37. The van der Waals surface area contributed by atoms with E-state index >= 15 is 0 Å². The molecule has 0 radical (unpaired) electrons. The van der Waals surface area contributed by atoms with Crippen LogP contribution >= 0.6 is 0 Å². The molecule has 0 aliphatic heterocycles. The van der Waals surface area contributed by atoms with Crippen molar-refractivity contribution in [2.75, 3.05) is 6.61 Å². The molecule has 2 atom stereocenters. The molecule has 0 saturated heterocycles. The van der Waals surface area contributed by atoms with E-state index in [-0.39, 0.29) is 24.5 Å².